The quantitative estimate of drug-likeness (QED) is 0.623. The van der Waals surface area contributed by atoms with E-state index in [1.54, 1.807) is 6.92 Å². The lowest BCUT2D eigenvalue weighted by Crippen LogP contribution is -2.47. The second-order valence-electron chi connectivity index (χ2n) is 3.96. The predicted octanol–water partition coefficient (Wildman–Crippen LogP) is 1.70. The molecular formula is C9H11F3N2O. The number of likely N-dealkylation sites (tertiary alicyclic amines) is 1. The van der Waals surface area contributed by atoms with Crippen molar-refractivity contribution in [2.75, 3.05) is 13.1 Å². The predicted molar refractivity (Wildman–Crippen MR) is 45.6 cm³/mol. The Hall–Kier alpha value is -1.25. The van der Waals surface area contributed by atoms with Gasteiger partial charge in [-0.2, -0.15) is 18.4 Å². The van der Waals surface area contributed by atoms with Crippen LogP contribution >= 0.6 is 0 Å². The van der Waals surface area contributed by atoms with Gasteiger partial charge in [-0.1, -0.05) is 0 Å². The third-order valence-corrected chi connectivity index (χ3v) is 2.67. The maximum Gasteiger partial charge on any atom is 0.471 e. The van der Waals surface area contributed by atoms with E-state index >= 15 is 0 Å². The van der Waals surface area contributed by atoms with Crippen LogP contribution in [0.5, 0.6) is 0 Å². The van der Waals surface area contributed by atoms with Crippen molar-refractivity contribution < 1.29 is 18.0 Å². The van der Waals surface area contributed by atoms with Crippen LogP contribution in [0.15, 0.2) is 0 Å². The first-order valence-corrected chi connectivity index (χ1v) is 4.56. The van der Waals surface area contributed by atoms with Crippen molar-refractivity contribution in [3.63, 3.8) is 0 Å². The summed E-state index contributed by atoms with van der Waals surface area (Å²) in [6.07, 6.45) is -4.21. The molecule has 0 radical (unpaired) electrons. The van der Waals surface area contributed by atoms with Crippen LogP contribution in [0.25, 0.3) is 0 Å². The first-order valence-electron chi connectivity index (χ1n) is 4.56. The number of hydrogen-bond acceptors (Lipinski definition) is 2. The second-order valence-corrected chi connectivity index (χ2v) is 3.96. The molecule has 6 heteroatoms. The summed E-state index contributed by atoms with van der Waals surface area (Å²) in [6, 6.07) is 2.06. The highest BCUT2D eigenvalue weighted by molar-refractivity contribution is 5.81. The molecule has 0 bridgehead atoms. The third-order valence-electron chi connectivity index (χ3n) is 2.67. The highest BCUT2D eigenvalue weighted by Crippen LogP contribution is 2.31. The molecule has 0 aliphatic carbocycles. The zero-order valence-corrected chi connectivity index (χ0v) is 8.26. The van der Waals surface area contributed by atoms with Crippen LogP contribution in [0.3, 0.4) is 0 Å². The van der Waals surface area contributed by atoms with Crippen molar-refractivity contribution in [3.8, 4) is 6.07 Å². The first kappa shape index (κ1) is 11.8. The summed E-state index contributed by atoms with van der Waals surface area (Å²) >= 11 is 0. The number of nitrogens with zero attached hydrogens (tertiary/aromatic N) is 2. The van der Waals surface area contributed by atoms with Crippen molar-refractivity contribution in [1.82, 2.24) is 4.90 Å². The Morgan fingerprint density at radius 3 is 2.20 bits per heavy atom. The van der Waals surface area contributed by atoms with E-state index in [0.717, 1.165) is 4.90 Å². The number of halogens is 3. The van der Waals surface area contributed by atoms with E-state index in [0.29, 0.717) is 12.8 Å². The molecule has 1 amide bonds. The number of hydrogen-bond donors (Lipinski definition) is 0. The molecule has 1 aliphatic heterocycles. The van der Waals surface area contributed by atoms with Gasteiger partial charge >= 0.3 is 12.1 Å². The fraction of sp³-hybridized carbons (Fsp3) is 0.778. The summed E-state index contributed by atoms with van der Waals surface area (Å²) in [6.45, 7) is 1.70. The van der Waals surface area contributed by atoms with Gasteiger partial charge in [0.25, 0.3) is 0 Å². The first-order chi connectivity index (χ1) is 6.78. The molecule has 0 unspecified atom stereocenters. The second kappa shape index (κ2) is 3.72. The summed E-state index contributed by atoms with van der Waals surface area (Å²) in [5.41, 5.74) is -0.595. The summed E-state index contributed by atoms with van der Waals surface area (Å²) in [7, 11) is 0. The molecular weight excluding hydrogens is 209 g/mol. The van der Waals surface area contributed by atoms with Crippen molar-refractivity contribution in [1.29, 1.82) is 5.26 Å². The highest BCUT2D eigenvalue weighted by Gasteiger charge is 2.44. The van der Waals surface area contributed by atoms with E-state index in [-0.39, 0.29) is 13.1 Å². The SMILES string of the molecule is CC1(C#N)CCN(C(=O)C(F)(F)F)CC1. The number of carbonyl (C=O) groups is 1. The normalized spacial score (nSPS) is 20.9. The molecule has 0 spiro atoms. The molecule has 15 heavy (non-hydrogen) atoms. The van der Waals surface area contributed by atoms with E-state index in [4.69, 9.17) is 5.26 Å². The lowest BCUT2D eigenvalue weighted by atomic mass is 9.82. The maximum atomic E-state index is 12.1. The summed E-state index contributed by atoms with van der Waals surface area (Å²) in [5.74, 6) is -1.80. The lowest BCUT2D eigenvalue weighted by molar-refractivity contribution is -0.187. The van der Waals surface area contributed by atoms with Gasteiger partial charge in [-0.15, -0.1) is 0 Å². The van der Waals surface area contributed by atoms with Gasteiger partial charge in [-0.3, -0.25) is 4.79 Å². The van der Waals surface area contributed by atoms with Crippen LogP contribution in [-0.4, -0.2) is 30.1 Å². The number of amides is 1. The Labute approximate surface area is 85.5 Å². The number of piperidine rings is 1. The average Bonchev–Trinajstić information content (AvgIpc) is 2.17. The van der Waals surface area contributed by atoms with Crippen molar-refractivity contribution >= 4 is 5.91 Å². The largest absolute Gasteiger partial charge is 0.471 e. The number of rotatable bonds is 0. The van der Waals surface area contributed by atoms with Gasteiger partial charge in [-0.05, 0) is 19.8 Å². The molecule has 0 atom stereocenters. The molecule has 0 aromatic rings. The molecule has 1 fully saturated rings. The molecule has 84 valence electrons. The molecule has 0 saturated carbocycles. The van der Waals surface area contributed by atoms with Crippen molar-refractivity contribution in [3.05, 3.63) is 0 Å². The molecule has 1 heterocycles. The minimum Gasteiger partial charge on any atom is -0.335 e. The van der Waals surface area contributed by atoms with E-state index < -0.39 is 17.5 Å². The van der Waals surface area contributed by atoms with Crippen molar-refractivity contribution in [2.45, 2.75) is 25.9 Å². The van der Waals surface area contributed by atoms with Gasteiger partial charge in [0.15, 0.2) is 0 Å². The van der Waals surface area contributed by atoms with Gasteiger partial charge in [0, 0.05) is 13.1 Å². The highest BCUT2D eigenvalue weighted by atomic mass is 19.4. The van der Waals surface area contributed by atoms with Gasteiger partial charge in [0.1, 0.15) is 0 Å². The standard InChI is InChI=1S/C9H11F3N2O/c1-8(6-13)2-4-14(5-3-8)7(15)9(10,11)12/h2-5H2,1H3. The van der Waals surface area contributed by atoms with Crippen molar-refractivity contribution in [2.24, 2.45) is 5.41 Å². The molecule has 3 nitrogen and oxygen atoms in total. The van der Waals surface area contributed by atoms with Crippen LogP contribution in [-0.2, 0) is 4.79 Å². The smallest absolute Gasteiger partial charge is 0.335 e. The van der Waals surface area contributed by atoms with E-state index in [1.165, 1.54) is 0 Å². The van der Waals surface area contributed by atoms with Gasteiger partial charge in [-0.25, -0.2) is 0 Å². The fourth-order valence-electron chi connectivity index (χ4n) is 1.49. The fourth-order valence-corrected chi connectivity index (χ4v) is 1.49. The summed E-state index contributed by atoms with van der Waals surface area (Å²) in [5, 5.41) is 8.76. The van der Waals surface area contributed by atoms with Crippen LogP contribution in [0.4, 0.5) is 13.2 Å². The topological polar surface area (TPSA) is 44.1 Å². The van der Waals surface area contributed by atoms with Crippen LogP contribution in [0, 0.1) is 16.7 Å². The zero-order chi connectivity index (χ0) is 11.7. The number of carbonyl (C=O) groups excluding carboxylic acids is 1. The van der Waals surface area contributed by atoms with E-state index in [9.17, 15) is 18.0 Å². The Morgan fingerprint density at radius 1 is 1.40 bits per heavy atom. The summed E-state index contributed by atoms with van der Waals surface area (Å²) < 4.78 is 36.2. The Bertz CT molecular complexity index is 297. The zero-order valence-electron chi connectivity index (χ0n) is 8.26. The third kappa shape index (κ3) is 2.61. The van der Waals surface area contributed by atoms with Gasteiger partial charge < -0.3 is 4.90 Å². The molecule has 1 rings (SSSR count). The number of alkyl halides is 3. The monoisotopic (exact) mass is 220 g/mol. The number of nitriles is 1. The van der Waals surface area contributed by atoms with Gasteiger partial charge in [0.2, 0.25) is 0 Å². The Balaban J connectivity index is 2.60. The minimum atomic E-state index is -4.81. The van der Waals surface area contributed by atoms with E-state index in [2.05, 4.69) is 6.07 Å². The maximum absolute atomic E-state index is 12.1. The lowest BCUT2D eigenvalue weighted by Gasteiger charge is -2.35. The average molecular weight is 220 g/mol. The molecule has 0 aromatic heterocycles. The molecule has 0 aromatic carbocycles. The molecule has 1 aliphatic rings. The molecule has 1 saturated heterocycles. The van der Waals surface area contributed by atoms with Crippen LogP contribution < -0.4 is 0 Å². The van der Waals surface area contributed by atoms with Crippen LogP contribution in [0.1, 0.15) is 19.8 Å². The molecule has 0 N–H and O–H groups in total. The van der Waals surface area contributed by atoms with Gasteiger partial charge in [0.05, 0.1) is 11.5 Å². The van der Waals surface area contributed by atoms with Crippen LogP contribution in [0.2, 0.25) is 0 Å². The summed E-state index contributed by atoms with van der Waals surface area (Å²) in [4.78, 5) is 11.6. The van der Waals surface area contributed by atoms with E-state index in [1.807, 2.05) is 0 Å². The minimum absolute atomic E-state index is 0.00238. The Kier molecular flexibility index (Phi) is 2.93. The Morgan fingerprint density at radius 2 is 1.87 bits per heavy atom.